The Labute approximate surface area is 126 Å². The fourth-order valence-electron chi connectivity index (χ4n) is 3.80. The Kier molecular flexibility index (Phi) is 5.88. The predicted octanol–water partition coefficient (Wildman–Crippen LogP) is 2.57. The van der Waals surface area contributed by atoms with Gasteiger partial charge in [-0.3, -0.25) is 0 Å². The van der Waals surface area contributed by atoms with Crippen LogP contribution in [0.3, 0.4) is 0 Å². The van der Waals surface area contributed by atoms with Crippen LogP contribution in [0.1, 0.15) is 52.9 Å². The maximum Gasteiger partial charge on any atom is 0.00940 e. The number of likely N-dealkylation sites (tertiary alicyclic amines) is 2. The van der Waals surface area contributed by atoms with Gasteiger partial charge in [0.2, 0.25) is 0 Å². The molecule has 2 saturated heterocycles. The minimum atomic E-state index is 0.546. The first-order valence-corrected chi connectivity index (χ1v) is 8.68. The van der Waals surface area contributed by atoms with E-state index in [0.717, 1.165) is 12.1 Å². The maximum absolute atomic E-state index is 3.71. The van der Waals surface area contributed by atoms with Gasteiger partial charge in [-0.2, -0.15) is 0 Å². The summed E-state index contributed by atoms with van der Waals surface area (Å²) in [6, 6.07) is 1.50. The average molecular weight is 281 g/mol. The van der Waals surface area contributed by atoms with Crippen LogP contribution in [0.5, 0.6) is 0 Å². The monoisotopic (exact) mass is 281 g/mol. The predicted molar refractivity (Wildman–Crippen MR) is 87.2 cm³/mol. The van der Waals surface area contributed by atoms with Crippen LogP contribution in [0.15, 0.2) is 0 Å². The SMILES string of the molecule is CCCNC1CCN(CC2(C)CCN(C)CC2)C(C)C1. The number of hydrogen-bond acceptors (Lipinski definition) is 3. The van der Waals surface area contributed by atoms with Gasteiger partial charge in [-0.05, 0) is 77.7 Å². The van der Waals surface area contributed by atoms with E-state index < -0.39 is 0 Å². The molecule has 2 heterocycles. The van der Waals surface area contributed by atoms with Crippen molar-refractivity contribution < 1.29 is 0 Å². The lowest BCUT2D eigenvalue weighted by atomic mass is 9.79. The van der Waals surface area contributed by atoms with Crippen molar-refractivity contribution in [2.75, 3.05) is 39.8 Å². The molecule has 118 valence electrons. The lowest BCUT2D eigenvalue weighted by Crippen LogP contribution is -2.52. The van der Waals surface area contributed by atoms with Crippen molar-refractivity contribution in [1.82, 2.24) is 15.1 Å². The highest BCUT2D eigenvalue weighted by atomic mass is 15.2. The van der Waals surface area contributed by atoms with Crippen LogP contribution in [0.2, 0.25) is 0 Å². The van der Waals surface area contributed by atoms with E-state index in [4.69, 9.17) is 0 Å². The van der Waals surface area contributed by atoms with E-state index in [1.54, 1.807) is 0 Å². The van der Waals surface area contributed by atoms with E-state index in [-0.39, 0.29) is 0 Å². The summed E-state index contributed by atoms with van der Waals surface area (Å²) in [5.41, 5.74) is 0.546. The van der Waals surface area contributed by atoms with Crippen LogP contribution in [-0.4, -0.2) is 61.7 Å². The molecular formula is C17H35N3. The quantitative estimate of drug-likeness (QED) is 0.835. The first-order valence-electron chi connectivity index (χ1n) is 8.68. The first-order chi connectivity index (χ1) is 9.52. The summed E-state index contributed by atoms with van der Waals surface area (Å²) >= 11 is 0. The van der Waals surface area contributed by atoms with Gasteiger partial charge in [0.25, 0.3) is 0 Å². The standard InChI is InChI=1S/C17H35N3/c1-5-9-18-16-6-10-20(15(2)13-16)14-17(3)7-11-19(4)12-8-17/h15-16,18H,5-14H2,1-4H3. The summed E-state index contributed by atoms with van der Waals surface area (Å²) in [6.45, 7) is 13.5. The smallest absolute Gasteiger partial charge is 0.00940 e. The van der Waals surface area contributed by atoms with Crippen LogP contribution in [0, 0.1) is 5.41 Å². The second-order valence-electron chi connectivity index (χ2n) is 7.61. The molecule has 0 radical (unpaired) electrons. The highest BCUT2D eigenvalue weighted by Crippen LogP contribution is 2.33. The Balaban J connectivity index is 1.79. The molecule has 2 rings (SSSR count). The number of piperidine rings is 2. The zero-order valence-corrected chi connectivity index (χ0v) is 14.1. The van der Waals surface area contributed by atoms with Gasteiger partial charge in [0.15, 0.2) is 0 Å². The minimum absolute atomic E-state index is 0.546. The van der Waals surface area contributed by atoms with Crippen molar-refractivity contribution in [3.63, 3.8) is 0 Å². The molecule has 2 aliphatic heterocycles. The summed E-state index contributed by atoms with van der Waals surface area (Å²) in [4.78, 5) is 5.24. The third-order valence-electron chi connectivity index (χ3n) is 5.48. The van der Waals surface area contributed by atoms with Gasteiger partial charge in [0, 0.05) is 18.6 Å². The first kappa shape index (κ1) is 16.3. The third kappa shape index (κ3) is 4.44. The van der Waals surface area contributed by atoms with Gasteiger partial charge in [-0.25, -0.2) is 0 Å². The Bertz CT molecular complexity index is 284. The molecule has 3 nitrogen and oxygen atoms in total. The zero-order valence-electron chi connectivity index (χ0n) is 14.1. The fraction of sp³-hybridized carbons (Fsp3) is 1.00. The van der Waals surface area contributed by atoms with Crippen molar-refractivity contribution in [3.05, 3.63) is 0 Å². The normalized spacial score (nSPS) is 32.4. The van der Waals surface area contributed by atoms with Gasteiger partial charge in [-0.15, -0.1) is 0 Å². The molecule has 0 aliphatic carbocycles. The molecule has 0 aromatic carbocycles. The van der Waals surface area contributed by atoms with Crippen LogP contribution in [0.4, 0.5) is 0 Å². The molecule has 2 unspecified atom stereocenters. The van der Waals surface area contributed by atoms with Crippen LogP contribution in [-0.2, 0) is 0 Å². The van der Waals surface area contributed by atoms with E-state index in [9.17, 15) is 0 Å². The molecule has 2 atom stereocenters. The van der Waals surface area contributed by atoms with Crippen LogP contribution in [0.25, 0.3) is 0 Å². The second kappa shape index (κ2) is 7.24. The molecule has 0 aromatic heterocycles. The summed E-state index contributed by atoms with van der Waals surface area (Å²) < 4.78 is 0. The third-order valence-corrected chi connectivity index (χ3v) is 5.48. The fourth-order valence-corrected chi connectivity index (χ4v) is 3.80. The van der Waals surface area contributed by atoms with Crippen LogP contribution < -0.4 is 5.32 Å². The molecule has 0 bridgehead atoms. The van der Waals surface area contributed by atoms with E-state index >= 15 is 0 Å². The largest absolute Gasteiger partial charge is 0.314 e. The summed E-state index contributed by atoms with van der Waals surface area (Å²) in [7, 11) is 2.26. The molecule has 1 N–H and O–H groups in total. The number of nitrogens with zero attached hydrogens (tertiary/aromatic N) is 2. The number of hydrogen-bond donors (Lipinski definition) is 1. The number of nitrogens with one attached hydrogen (secondary N) is 1. The van der Waals surface area contributed by atoms with Crippen molar-refractivity contribution in [2.45, 2.75) is 65.0 Å². The highest BCUT2D eigenvalue weighted by molar-refractivity contribution is 4.89. The van der Waals surface area contributed by atoms with Gasteiger partial charge < -0.3 is 15.1 Å². The topological polar surface area (TPSA) is 18.5 Å². The second-order valence-corrected chi connectivity index (χ2v) is 7.61. The average Bonchev–Trinajstić information content (AvgIpc) is 2.43. The van der Waals surface area contributed by atoms with E-state index in [1.807, 2.05) is 0 Å². The van der Waals surface area contributed by atoms with Gasteiger partial charge in [0.05, 0.1) is 0 Å². The lowest BCUT2D eigenvalue weighted by molar-refractivity contribution is 0.0462. The molecule has 0 spiro atoms. The Morgan fingerprint density at radius 1 is 1.20 bits per heavy atom. The molecular weight excluding hydrogens is 246 g/mol. The summed E-state index contributed by atoms with van der Waals surface area (Å²) in [6.07, 6.45) is 6.64. The van der Waals surface area contributed by atoms with Gasteiger partial charge in [0.1, 0.15) is 0 Å². The van der Waals surface area contributed by atoms with E-state index in [2.05, 4.69) is 42.9 Å². The Morgan fingerprint density at radius 2 is 1.90 bits per heavy atom. The molecule has 0 amide bonds. The number of rotatable bonds is 5. The summed E-state index contributed by atoms with van der Waals surface area (Å²) in [5, 5.41) is 3.71. The summed E-state index contributed by atoms with van der Waals surface area (Å²) in [5.74, 6) is 0. The lowest BCUT2D eigenvalue weighted by Gasteiger charge is -2.45. The van der Waals surface area contributed by atoms with Crippen molar-refractivity contribution in [2.24, 2.45) is 5.41 Å². The molecule has 2 aliphatic rings. The van der Waals surface area contributed by atoms with E-state index in [1.165, 1.54) is 64.8 Å². The maximum atomic E-state index is 3.71. The van der Waals surface area contributed by atoms with Crippen molar-refractivity contribution in [1.29, 1.82) is 0 Å². The molecule has 2 fully saturated rings. The van der Waals surface area contributed by atoms with Crippen molar-refractivity contribution in [3.8, 4) is 0 Å². The minimum Gasteiger partial charge on any atom is -0.314 e. The highest BCUT2D eigenvalue weighted by Gasteiger charge is 2.34. The zero-order chi connectivity index (χ0) is 14.6. The molecule has 0 saturated carbocycles. The Hall–Kier alpha value is -0.120. The molecule has 20 heavy (non-hydrogen) atoms. The molecule has 0 aromatic rings. The van der Waals surface area contributed by atoms with E-state index in [0.29, 0.717) is 5.41 Å². The van der Waals surface area contributed by atoms with Gasteiger partial charge in [-0.1, -0.05) is 13.8 Å². The van der Waals surface area contributed by atoms with Crippen molar-refractivity contribution >= 4 is 0 Å². The molecule has 3 heteroatoms. The Morgan fingerprint density at radius 3 is 2.50 bits per heavy atom. The van der Waals surface area contributed by atoms with Gasteiger partial charge >= 0.3 is 0 Å². The van der Waals surface area contributed by atoms with Crippen LogP contribution >= 0.6 is 0 Å².